The number of pyridine rings is 3. The number of rotatable bonds is 5. The number of hydrogen-bond donors (Lipinski definition) is 3. The summed E-state index contributed by atoms with van der Waals surface area (Å²) < 4.78 is 30.0. The third kappa shape index (κ3) is 4.77. The van der Waals surface area contributed by atoms with Crippen molar-refractivity contribution in [3.63, 3.8) is 0 Å². The zero-order valence-corrected chi connectivity index (χ0v) is 21.9. The molecular weight excluding hydrogens is 514 g/mol. The molecule has 5 aromatic heterocycles. The van der Waals surface area contributed by atoms with E-state index in [1.54, 1.807) is 30.5 Å². The molecule has 0 aliphatic heterocycles. The molecule has 40 heavy (non-hydrogen) atoms. The highest BCUT2D eigenvalue weighted by Crippen LogP contribution is 2.34. The first-order valence-corrected chi connectivity index (χ1v) is 12.6. The Labute approximate surface area is 227 Å². The lowest BCUT2D eigenvalue weighted by atomic mass is 9.92. The highest BCUT2D eigenvalue weighted by molar-refractivity contribution is 5.97. The number of imidazole rings is 1. The molecule has 5 heterocycles. The predicted octanol–water partition coefficient (Wildman–Crippen LogP) is 6.28. The van der Waals surface area contributed by atoms with Gasteiger partial charge in [-0.2, -0.15) is 5.10 Å². The summed E-state index contributed by atoms with van der Waals surface area (Å²) in [5, 5.41) is 10.1. The number of fused-ring (bicyclic) bond motifs is 2. The summed E-state index contributed by atoms with van der Waals surface area (Å²) in [5.74, 6) is -0.867. The number of nitrogens with one attached hydrogen (secondary N) is 3. The number of halogens is 2. The van der Waals surface area contributed by atoms with E-state index in [1.165, 1.54) is 30.7 Å². The number of benzene rings is 1. The first-order valence-electron chi connectivity index (χ1n) is 12.6. The van der Waals surface area contributed by atoms with Crippen LogP contribution in [0.2, 0.25) is 0 Å². The molecule has 0 saturated carbocycles. The van der Waals surface area contributed by atoms with Crippen molar-refractivity contribution in [2.45, 2.75) is 27.2 Å². The van der Waals surface area contributed by atoms with E-state index in [1.807, 2.05) is 20.8 Å². The molecule has 9 nitrogen and oxygen atoms in total. The molecule has 3 N–H and O–H groups in total. The number of H-pyrrole nitrogens is 2. The van der Waals surface area contributed by atoms with E-state index in [2.05, 4.69) is 40.4 Å². The van der Waals surface area contributed by atoms with Gasteiger partial charge in [-0.05, 0) is 35.2 Å². The Morgan fingerprint density at radius 3 is 2.65 bits per heavy atom. The van der Waals surface area contributed by atoms with Crippen LogP contribution < -0.4 is 5.32 Å². The fourth-order valence-corrected chi connectivity index (χ4v) is 4.59. The molecule has 1 amide bonds. The molecule has 11 heteroatoms. The number of aromatic nitrogens is 7. The van der Waals surface area contributed by atoms with Gasteiger partial charge < -0.3 is 10.3 Å². The van der Waals surface area contributed by atoms with E-state index in [0.29, 0.717) is 45.5 Å². The molecule has 0 radical (unpaired) electrons. The number of anilines is 1. The lowest BCUT2D eigenvalue weighted by molar-refractivity contribution is -0.117. The fraction of sp³-hybridized carbons (Fsp3) is 0.172. The Morgan fingerprint density at radius 2 is 1.85 bits per heavy atom. The summed E-state index contributed by atoms with van der Waals surface area (Å²) in [4.78, 5) is 32.9. The number of nitrogens with zero attached hydrogens (tertiary/aromatic N) is 5. The van der Waals surface area contributed by atoms with Crippen LogP contribution in [0.25, 0.3) is 56.0 Å². The summed E-state index contributed by atoms with van der Waals surface area (Å²) >= 11 is 0. The van der Waals surface area contributed by atoms with Gasteiger partial charge in [0.2, 0.25) is 5.91 Å². The van der Waals surface area contributed by atoms with Crippen molar-refractivity contribution in [1.82, 2.24) is 35.1 Å². The molecule has 0 aliphatic carbocycles. The standard InChI is InChI=1S/C29H24F2N8O/c1-29(2,3)11-21(40)35-18-10-16(12-32-13-18)24-23(31)22-20(14-34-24)38-39-26(22)28-36-25-19(7-8-33-27(25)37-28)15-5-4-6-17(30)9-15/h4-10,12-14H,11H2,1-3H3,(H,35,40)(H,38,39)(H,33,36,37). The van der Waals surface area contributed by atoms with Crippen molar-refractivity contribution in [3.8, 4) is 33.9 Å². The highest BCUT2D eigenvalue weighted by Gasteiger charge is 2.22. The second kappa shape index (κ2) is 9.60. The zero-order chi connectivity index (χ0) is 28.0. The Kier molecular flexibility index (Phi) is 6.05. The van der Waals surface area contributed by atoms with Crippen LogP contribution in [0.15, 0.2) is 61.2 Å². The van der Waals surface area contributed by atoms with Crippen molar-refractivity contribution in [2.24, 2.45) is 5.41 Å². The molecule has 0 atom stereocenters. The Morgan fingerprint density at radius 1 is 1.00 bits per heavy atom. The minimum atomic E-state index is -0.625. The monoisotopic (exact) mass is 538 g/mol. The quantitative estimate of drug-likeness (QED) is 0.237. The average Bonchev–Trinajstić information content (AvgIpc) is 3.52. The van der Waals surface area contributed by atoms with Crippen molar-refractivity contribution in [2.75, 3.05) is 5.32 Å². The molecule has 200 valence electrons. The van der Waals surface area contributed by atoms with Gasteiger partial charge in [-0.15, -0.1) is 0 Å². The third-order valence-corrected chi connectivity index (χ3v) is 6.28. The van der Waals surface area contributed by atoms with Gasteiger partial charge in [0, 0.05) is 29.9 Å². The Hall–Kier alpha value is -5.06. The number of carbonyl (C=O) groups is 1. The predicted molar refractivity (Wildman–Crippen MR) is 148 cm³/mol. The van der Waals surface area contributed by atoms with Crippen LogP contribution >= 0.6 is 0 Å². The molecular formula is C29H24F2N8O. The summed E-state index contributed by atoms with van der Waals surface area (Å²) in [6.07, 6.45) is 6.36. The van der Waals surface area contributed by atoms with E-state index in [0.717, 1.165) is 0 Å². The Bertz CT molecular complexity index is 1900. The van der Waals surface area contributed by atoms with Crippen LogP contribution in [0.5, 0.6) is 0 Å². The van der Waals surface area contributed by atoms with Crippen molar-refractivity contribution in [1.29, 1.82) is 0 Å². The second-order valence-electron chi connectivity index (χ2n) is 10.7. The largest absolute Gasteiger partial charge is 0.335 e. The zero-order valence-electron chi connectivity index (χ0n) is 21.9. The second-order valence-corrected chi connectivity index (χ2v) is 10.7. The molecule has 0 bridgehead atoms. The molecule has 0 aliphatic rings. The Balaban J connectivity index is 1.40. The topological polar surface area (TPSA) is 125 Å². The van der Waals surface area contributed by atoms with Gasteiger partial charge in [-0.3, -0.25) is 19.9 Å². The van der Waals surface area contributed by atoms with Crippen LogP contribution in [0.1, 0.15) is 27.2 Å². The summed E-state index contributed by atoms with van der Waals surface area (Å²) in [5.41, 5.74) is 3.59. The molecule has 1 aromatic carbocycles. The van der Waals surface area contributed by atoms with Gasteiger partial charge in [-0.1, -0.05) is 32.9 Å². The van der Waals surface area contributed by atoms with Crippen LogP contribution in [0.3, 0.4) is 0 Å². The molecule has 6 rings (SSSR count). The summed E-state index contributed by atoms with van der Waals surface area (Å²) in [7, 11) is 0. The minimum absolute atomic E-state index is 0.0456. The van der Waals surface area contributed by atoms with Crippen LogP contribution in [0, 0.1) is 17.0 Å². The van der Waals surface area contributed by atoms with Gasteiger partial charge in [0.1, 0.15) is 17.2 Å². The summed E-state index contributed by atoms with van der Waals surface area (Å²) in [6.45, 7) is 5.91. The lowest BCUT2D eigenvalue weighted by Gasteiger charge is -2.17. The van der Waals surface area contributed by atoms with Gasteiger partial charge in [0.25, 0.3) is 0 Å². The van der Waals surface area contributed by atoms with Crippen LogP contribution in [-0.4, -0.2) is 41.0 Å². The fourth-order valence-electron chi connectivity index (χ4n) is 4.59. The smallest absolute Gasteiger partial charge is 0.224 e. The number of carbonyl (C=O) groups excluding carboxylic acids is 1. The first-order chi connectivity index (χ1) is 19.2. The van der Waals surface area contributed by atoms with Gasteiger partial charge in [0.15, 0.2) is 17.3 Å². The van der Waals surface area contributed by atoms with E-state index in [9.17, 15) is 9.18 Å². The minimum Gasteiger partial charge on any atom is -0.335 e. The molecule has 0 fully saturated rings. The van der Waals surface area contributed by atoms with Gasteiger partial charge >= 0.3 is 0 Å². The molecule has 0 spiro atoms. The first kappa shape index (κ1) is 25.2. The maximum Gasteiger partial charge on any atom is 0.224 e. The van der Waals surface area contributed by atoms with Gasteiger partial charge in [0.05, 0.1) is 34.5 Å². The van der Waals surface area contributed by atoms with Crippen LogP contribution in [0.4, 0.5) is 14.5 Å². The average molecular weight is 539 g/mol. The van der Waals surface area contributed by atoms with Crippen molar-refractivity contribution < 1.29 is 13.6 Å². The van der Waals surface area contributed by atoms with Gasteiger partial charge in [-0.25, -0.2) is 18.7 Å². The van der Waals surface area contributed by atoms with E-state index in [4.69, 9.17) is 0 Å². The maximum atomic E-state index is 16.1. The van der Waals surface area contributed by atoms with Crippen molar-refractivity contribution >= 4 is 33.7 Å². The highest BCUT2D eigenvalue weighted by atomic mass is 19.1. The molecule has 0 unspecified atom stereocenters. The number of hydrogen-bond acceptors (Lipinski definition) is 6. The number of aromatic amines is 2. The summed E-state index contributed by atoms with van der Waals surface area (Å²) in [6, 6.07) is 9.58. The SMILES string of the molecule is CC(C)(C)CC(=O)Nc1cncc(-c2ncc3[nH]nc(-c4nc5nccc(-c6cccc(F)c6)c5[nH]4)c3c2F)c1. The van der Waals surface area contributed by atoms with Crippen LogP contribution in [-0.2, 0) is 4.79 Å². The lowest BCUT2D eigenvalue weighted by Crippen LogP contribution is -2.19. The van der Waals surface area contributed by atoms with E-state index < -0.39 is 5.82 Å². The molecule has 6 aromatic rings. The third-order valence-electron chi connectivity index (χ3n) is 6.28. The maximum absolute atomic E-state index is 16.1. The van der Waals surface area contributed by atoms with E-state index in [-0.39, 0.29) is 39.7 Å². The normalized spacial score (nSPS) is 11.8. The number of amides is 1. The van der Waals surface area contributed by atoms with Crippen molar-refractivity contribution in [3.05, 3.63) is 72.8 Å². The molecule has 0 saturated heterocycles. The van der Waals surface area contributed by atoms with E-state index >= 15 is 4.39 Å².